The molecule has 1 heterocycles. The first-order valence-corrected chi connectivity index (χ1v) is 8.29. The third-order valence-corrected chi connectivity index (χ3v) is 5.80. The van der Waals surface area contributed by atoms with Gasteiger partial charge in [-0.05, 0) is 38.6 Å². The highest BCUT2D eigenvalue weighted by molar-refractivity contribution is 5.07. The van der Waals surface area contributed by atoms with E-state index < -0.39 is 0 Å². The molecule has 1 saturated heterocycles. The van der Waals surface area contributed by atoms with Crippen LogP contribution in [0.1, 0.15) is 71.1 Å². The normalized spacial score (nSPS) is 31.2. The zero-order chi connectivity index (χ0) is 12.5. The van der Waals surface area contributed by atoms with Gasteiger partial charge in [0.1, 0.15) is 0 Å². The molecule has 2 aliphatic carbocycles. The van der Waals surface area contributed by atoms with Gasteiger partial charge in [0.25, 0.3) is 0 Å². The Kier molecular flexibility index (Phi) is 3.68. The summed E-state index contributed by atoms with van der Waals surface area (Å²) in [5.74, 6) is 0. The van der Waals surface area contributed by atoms with Crippen LogP contribution < -0.4 is 5.32 Å². The SMILES string of the molecule is CCCN1CC2(CCCCC2)NCC12CCCC2. The van der Waals surface area contributed by atoms with Gasteiger partial charge in [0.05, 0.1) is 0 Å². The summed E-state index contributed by atoms with van der Waals surface area (Å²) >= 11 is 0. The molecule has 0 aromatic heterocycles. The molecule has 0 unspecified atom stereocenters. The molecule has 104 valence electrons. The zero-order valence-electron chi connectivity index (χ0n) is 12.1. The second kappa shape index (κ2) is 5.13. The smallest absolute Gasteiger partial charge is 0.0334 e. The summed E-state index contributed by atoms with van der Waals surface area (Å²) in [6.45, 7) is 6.27. The Balaban J connectivity index is 1.74. The van der Waals surface area contributed by atoms with Crippen molar-refractivity contribution in [1.82, 2.24) is 10.2 Å². The minimum Gasteiger partial charge on any atom is -0.308 e. The van der Waals surface area contributed by atoms with Gasteiger partial charge in [-0.25, -0.2) is 0 Å². The molecule has 0 aromatic carbocycles. The lowest BCUT2D eigenvalue weighted by molar-refractivity contribution is -0.00573. The molecule has 0 amide bonds. The van der Waals surface area contributed by atoms with E-state index in [9.17, 15) is 0 Å². The van der Waals surface area contributed by atoms with Gasteiger partial charge in [0.15, 0.2) is 0 Å². The van der Waals surface area contributed by atoms with Crippen LogP contribution in [0.2, 0.25) is 0 Å². The van der Waals surface area contributed by atoms with E-state index in [1.54, 1.807) is 0 Å². The van der Waals surface area contributed by atoms with Gasteiger partial charge >= 0.3 is 0 Å². The zero-order valence-corrected chi connectivity index (χ0v) is 12.1. The Morgan fingerprint density at radius 1 is 0.944 bits per heavy atom. The Morgan fingerprint density at radius 2 is 1.61 bits per heavy atom. The van der Waals surface area contributed by atoms with Crippen LogP contribution in [0.3, 0.4) is 0 Å². The van der Waals surface area contributed by atoms with Crippen LogP contribution in [0.25, 0.3) is 0 Å². The maximum atomic E-state index is 4.01. The van der Waals surface area contributed by atoms with Crippen molar-refractivity contribution in [2.45, 2.75) is 82.2 Å². The fraction of sp³-hybridized carbons (Fsp3) is 1.00. The predicted molar refractivity (Wildman–Crippen MR) is 76.9 cm³/mol. The van der Waals surface area contributed by atoms with Gasteiger partial charge in [0, 0.05) is 24.2 Å². The molecule has 2 saturated carbocycles. The first kappa shape index (κ1) is 12.9. The van der Waals surface area contributed by atoms with Crippen molar-refractivity contribution in [3.8, 4) is 0 Å². The maximum absolute atomic E-state index is 4.01. The van der Waals surface area contributed by atoms with E-state index in [2.05, 4.69) is 17.1 Å². The fourth-order valence-electron chi connectivity index (χ4n) is 4.73. The molecular weight excluding hydrogens is 220 g/mol. The van der Waals surface area contributed by atoms with E-state index in [1.165, 1.54) is 83.8 Å². The van der Waals surface area contributed by atoms with Crippen molar-refractivity contribution in [2.75, 3.05) is 19.6 Å². The third-order valence-electron chi connectivity index (χ3n) is 5.80. The standard InChI is InChI=1S/C16H30N2/c1-2-12-18-14-15(8-4-3-5-9-15)17-13-16(18)10-6-7-11-16/h17H,2-14H2,1H3. The average molecular weight is 250 g/mol. The fourth-order valence-corrected chi connectivity index (χ4v) is 4.73. The van der Waals surface area contributed by atoms with Gasteiger partial charge in [0.2, 0.25) is 0 Å². The van der Waals surface area contributed by atoms with Gasteiger partial charge in [-0.2, -0.15) is 0 Å². The predicted octanol–water partition coefficient (Wildman–Crippen LogP) is 3.32. The summed E-state index contributed by atoms with van der Waals surface area (Å²) in [6.07, 6.45) is 14.3. The van der Waals surface area contributed by atoms with Crippen molar-refractivity contribution >= 4 is 0 Å². The van der Waals surface area contributed by atoms with Crippen LogP contribution in [0.4, 0.5) is 0 Å². The summed E-state index contributed by atoms with van der Waals surface area (Å²) in [4.78, 5) is 2.89. The average Bonchev–Trinajstić information content (AvgIpc) is 2.86. The van der Waals surface area contributed by atoms with Crippen LogP contribution >= 0.6 is 0 Å². The molecule has 0 radical (unpaired) electrons. The number of nitrogens with one attached hydrogen (secondary N) is 1. The first-order valence-electron chi connectivity index (χ1n) is 8.29. The molecule has 18 heavy (non-hydrogen) atoms. The summed E-state index contributed by atoms with van der Waals surface area (Å²) < 4.78 is 0. The van der Waals surface area contributed by atoms with E-state index in [0.717, 1.165) is 0 Å². The Labute approximate surface area is 113 Å². The molecule has 3 rings (SSSR count). The molecule has 2 spiro atoms. The second-order valence-corrected chi connectivity index (χ2v) is 7.05. The second-order valence-electron chi connectivity index (χ2n) is 7.05. The minimum absolute atomic E-state index is 0.487. The van der Waals surface area contributed by atoms with E-state index in [-0.39, 0.29) is 0 Å². The maximum Gasteiger partial charge on any atom is 0.0334 e. The van der Waals surface area contributed by atoms with Crippen LogP contribution in [-0.2, 0) is 0 Å². The summed E-state index contributed by atoms with van der Waals surface area (Å²) in [7, 11) is 0. The number of piperazine rings is 1. The highest BCUT2D eigenvalue weighted by Gasteiger charge is 2.48. The van der Waals surface area contributed by atoms with E-state index in [4.69, 9.17) is 0 Å². The van der Waals surface area contributed by atoms with Crippen molar-refractivity contribution in [3.63, 3.8) is 0 Å². The molecule has 1 aliphatic heterocycles. The number of rotatable bonds is 2. The number of hydrogen-bond acceptors (Lipinski definition) is 2. The molecule has 2 heteroatoms. The first-order chi connectivity index (χ1) is 8.79. The van der Waals surface area contributed by atoms with E-state index in [0.29, 0.717) is 11.1 Å². The van der Waals surface area contributed by atoms with Gasteiger partial charge in [-0.15, -0.1) is 0 Å². The lowest BCUT2D eigenvalue weighted by Gasteiger charge is -2.55. The highest BCUT2D eigenvalue weighted by atomic mass is 15.3. The van der Waals surface area contributed by atoms with Crippen molar-refractivity contribution < 1.29 is 0 Å². The summed E-state index contributed by atoms with van der Waals surface area (Å²) in [5, 5.41) is 4.01. The van der Waals surface area contributed by atoms with Crippen LogP contribution in [-0.4, -0.2) is 35.6 Å². The number of nitrogens with zero attached hydrogens (tertiary/aromatic N) is 1. The lowest BCUT2D eigenvalue weighted by atomic mass is 9.76. The molecule has 0 atom stereocenters. The molecule has 3 aliphatic rings. The van der Waals surface area contributed by atoms with E-state index >= 15 is 0 Å². The van der Waals surface area contributed by atoms with Crippen molar-refractivity contribution in [3.05, 3.63) is 0 Å². The quantitative estimate of drug-likeness (QED) is 0.809. The Hall–Kier alpha value is -0.0800. The molecule has 0 bridgehead atoms. The minimum atomic E-state index is 0.487. The largest absolute Gasteiger partial charge is 0.308 e. The Morgan fingerprint density at radius 3 is 2.28 bits per heavy atom. The van der Waals surface area contributed by atoms with Gasteiger partial charge in [-0.1, -0.05) is 39.0 Å². The summed E-state index contributed by atoms with van der Waals surface area (Å²) in [5.41, 5.74) is 1.03. The van der Waals surface area contributed by atoms with E-state index in [1.807, 2.05) is 0 Å². The molecule has 2 nitrogen and oxygen atoms in total. The topological polar surface area (TPSA) is 15.3 Å². The monoisotopic (exact) mass is 250 g/mol. The highest BCUT2D eigenvalue weighted by Crippen LogP contribution is 2.41. The van der Waals surface area contributed by atoms with Crippen LogP contribution in [0.15, 0.2) is 0 Å². The van der Waals surface area contributed by atoms with Crippen molar-refractivity contribution in [2.24, 2.45) is 0 Å². The number of hydrogen-bond donors (Lipinski definition) is 1. The lowest BCUT2D eigenvalue weighted by Crippen LogP contribution is -2.69. The Bertz CT molecular complexity index is 275. The van der Waals surface area contributed by atoms with Gasteiger partial charge in [-0.3, -0.25) is 4.90 Å². The molecule has 3 fully saturated rings. The molecule has 1 N–H and O–H groups in total. The van der Waals surface area contributed by atoms with Crippen LogP contribution in [0.5, 0.6) is 0 Å². The summed E-state index contributed by atoms with van der Waals surface area (Å²) in [6, 6.07) is 0. The third kappa shape index (κ3) is 2.22. The van der Waals surface area contributed by atoms with Crippen LogP contribution in [0, 0.1) is 0 Å². The molecular formula is C16H30N2. The van der Waals surface area contributed by atoms with Gasteiger partial charge < -0.3 is 5.32 Å². The van der Waals surface area contributed by atoms with Crippen molar-refractivity contribution in [1.29, 1.82) is 0 Å². The molecule has 0 aromatic rings.